The van der Waals surface area contributed by atoms with Crippen LogP contribution in [0.1, 0.15) is 92.9 Å². The Morgan fingerprint density at radius 3 is 2.77 bits per heavy atom. The molecule has 0 aromatic heterocycles. The molecule has 1 aromatic rings. The standard InChI is InChI=1S/C27H35NO3/c1-14-17-4-5-18-19-11-24(30)22-9-16(29)7-8-26(22,2)21(19)10-20(18)25(17)27(31)12-15-3-6-23(14)28(27)13-15/h4-5,14-16,19,21-23,29,31H,3,6-13H2,1-2H3/t14-,15-,16+,19+,21+,22-,23+,26-,27+/m1/s1. The highest BCUT2D eigenvalue weighted by molar-refractivity contribution is 5.84. The van der Waals surface area contributed by atoms with E-state index in [9.17, 15) is 15.0 Å². The monoisotopic (exact) mass is 421 g/mol. The van der Waals surface area contributed by atoms with Gasteiger partial charge in [0.15, 0.2) is 0 Å². The third kappa shape index (κ3) is 2.25. The number of aliphatic hydroxyl groups is 2. The molecule has 2 N–H and O–H groups in total. The van der Waals surface area contributed by atoms with Crippen LogP contribution in [0.5, 0.6) is 0 Å². The molecule has 6 aliphatic rings. The number of fused-ring (bicyclic) bond motifs is 9. The lowest BCUT2D eigenvalue weighted by Gasteiger charge is -2.52. The number of aliphatic hydroxyl groups excluding tert-OH is 1. The van der Waals surface area contributed by atoms with E-state index in [2.05, 4.69) is 30.9 Å². The number of Topliss-reactive ketones (excluding diaryl/α,β-unsaturated/α-hetero) is 1. The Kier molecular flexibility index (Phi) is 3.73. The molecule has 3 heterocycles. The van der Waals surface area contributed by atoms with Gasteiger partial charge in [0.05, 0.1) is 6.10 Å². The molecule has 2 saturated carbocycles. The lowest BCUT2D eigenvalue weighted by Crippen LogP contribution is -2.54. The van der Waals surface area contributed by atoms with Crippen LogP contribution in [0.3, 0.4) is 0 Å². The summed E-state index contributed by atoms with van der Waals surface area (Å²) >= 11 is 0. The molecule has 4 fully saturated rings. The predicted molar refractivity (Wildman–Crippen MR) is 118 cm³/mol. The second kappa shape index (κ2) is 6.01. The summed E-state index contributed by atoms with van der Waals surface area (Å²) in [7, 11) is 0. The Bertz CT molecular complexity index is 989. The number of hydrogen-bond donors (Lipinski definition) is 2. The molecule has 1 aromatic carbocycles. The van der Waals surface area contributed by atoms with E-state index in [0.29, 0.717) is 42.4 Å². The van der Waals surface area contributed by atoms with Gasteiger partial charge < -0.3 is 10.2 Å². The van der Waals surface area contributed by atoms with Crippen molar-refractivity contribution >= 4 is 5.78 Å². The van der Waals surface area contributed by atoms with Gasteiger partial charge in [-0.3, -0.25) is 9.69 Å². The summed E-state index contributed by atoms with van der Waals surface area (Å²) in [5, 5.41) is 22.5. The average molecular weight is 422 g/mol. The van der Waals surface area contributed by atoms with Crippen LogP contribution in [-0.4, -0.2) is 39.6 Å². The lowest BCUT2D eigenvalue weighted by atomic mass is 9.52. The third-order valence-corrected chi connectivity index (χ3v) is 10.9. The third-order valence-electron chi connectivity index (χ3n) is 10.9. The van der Waals surface area contributed by atoms with Gasteiger partial charge >= 0.3 is 0 Å². The molecule has 166 valence electrons. The lowest BCUT2D eigenvalue weighted by molar-refractivity contribution is -0.141. The Balaban J connectivity index is 1.38. The van der Waals surface area contributed by atoms with Crippen LogP contribution in [0.2, 0.25) is 0 Å². The van der Waals surface area contributed by atoms with Crippen molar-refractivity contribution in [1.82, 2.24) is 4.90 Å². The van der Waals surface area contributed by atoms with Crippen molar-refractivity contribution in [3.05, 3.63) is 34.4 Å². The van der Waals surface area contributed by atoms with Gasteiger partial charge in [-0.2, -0.15) is 0 Å². The summed E-state index contributed by atoms with van der Waals surface area (Å²) in [5.41, 5.74) is 4.51. The zero-order chi connectivity index (χ0) is 21.3. The molecular weight excluding hydrogens is 386 g/mol. The molecule has 0 radical (unpaired) electrons. The van der Waals surface area contributed by atoms with Crippen molar-refractivity contribution in [2.75, 3.05) is 6.54 Å². The molecule has 0 amide bonds. The Hall–Kier alpha value is -1.23. The second-order valence-electron chi connectivity index (χ2n) is 12.1. The normalized spacial score (nSPS) is 49.9. The fourth-order valence-corrected chi connectivity index (χ4v) is 9.39. The zero-order valence-corrected chi connectivity index (χ0v) is 18.8. The summed E-state index contributed by atoms with van der Waals surface area (Å²) in [5.74, 6) is 2.18. The summed E-state index contributed by atoms with van der Waals surface area (Å²) in [6.45, 7) is 5.73. The van der Waals surface area contributed by atoms with E-state index in [4.69, 9.17) is 0 Å². The number of hydrogen-bond acceptors (Lipinski definition) is 4. The molecular formula is C27H35NO3. The van der Waals surface area contributed by atoms with Gasteiger partial charge in [0.2, 0.25) is 0 Å². The van der Waals surface area contributed by atoms with E-state index in [1.165, 1.54) is 35.1 Å². The fourth-order valence-electron chi connectivity index (χ4n) is 9.39. The van der Waals surface area contributed by atoms with Crippen molar-refractivity contribution in [2.24, 2.45) is 23.2 Å². The first kappa shape index (κ1) is 19.3. The Labute approximate surface area is 185 Å². The predicted octanol–water partition coefficient (Wildman–Crippen LogP) is 3.83. The van der Waals surface area contributed by atoms with Crippen molar-refractivity contribution in [3.63, 3.8) is 0 Å². The molecule has 3 aliphatic carbocycles. The van der Waals surface area contributed by atoms with Crippen molar-refractivity contribution in [2.45, 2.75) is 94.9 Å². The van der Waals surface area contributed by atoms with Crippen LogP contribution in [0.15, 0.2) is 12.1 Å². The highest BCUT2D eigenvalue weighted by Gasteiger charge is 2.61. The molecule has 4 nitrogen and oxygen atoms in total. The SMILES string of the molecule is C[C@@H]1c2ccc3c(c2[C@@]2(O)C[C@H]4CC[C@@H]1N2C4)C[C@H]1[C@H]3CC(=O)[C@H]2C[C@@H](O)CC[C@@]21C. The van der Waals surface area contributed by atoms with E-state index in [1.807, 2.05) is 0 Å². The molecule has 31 heavy (non-hydrogen) atoms. The summed E-state index contributed by atoms with van der Waals surface area (Å²) in [6.07, 6.45) is 7.02. The smallest absolute Gasteiger partial charge is 0.145 e. The van der Waals surface area contributed by atoms with Gasteiger partial charge in [0, 0.05) is 30.5 Å². The molecule has 2 bridgehead atoms. The van der Waals surface area contributed by atoms with Crippen molar-refractivity contribution in [3.8, 4) is 0 Å². The Morgan fingerprint density at radius 1 is 1.13 bits per heavy atom. The molecule has 3 aliphatic heterocycles. The van der Waals surface area contributed by atoms with Gasteiger partial charge in [-0.05, 0) is 90.7 Å². The van der Waals surface area contributed by atoms with Crippen LogP contribution in [0.25, 0.3) is 0 Å². The number of nitrogens with zero attached hydrogens (tertiary/aromatic N) is 1. The maximum atomic E-state index is 13.2. The summed E-state index contributed by atoms with van der Waals surface area (Å²) in [6, 6.07) is 5.09. The van der Waals surface area contributed by atoms with Crippen molar-refractivity contribution in [1.29, 1.82) is 0 Å². The number of carbonyl (C=O) groups is 1. The van der Waals surface area contributed by atoms with E-state index >= 15 is 0 Å². The number of ketones is 1. The Morgan fingerprint density at radius 2 is 1.94 bits per heavy atom. The van der Waals surface area contributed by atoms with Crippen LogP contribution in [-0.2, 0) is 16.9 Å². The number of piperidine rings is 1. The summed E-state index contributed by atoms with van der Waals surface area (Å²) < 4.78 is 0. The molecule has 0 unspecified atom stereocenters. The van der Waals surface area contributed by atoms with Gasteiger partial charge in [-0.25, -0.2) is 0 Å². The first-order valence-corrected chi connectivity index (χ1v) is 12.7. The first-order chi connectivity index (χ1) is 14.8. The minimum atomic E-state index is -0.806. The fraction of sp³-hybridized carbons (Fsp3) is 0.741. The van der Waals surface area contributed by atoms with E-state index in [0.717, 1.165) is 32.2 Å². The maximum Gasteiger partial charge on any atom is 0.145 e. The minimum Gasteiger partial charge on any atom is -0.393 e. The van der Waals surface area contributed by atoms with Gasteiger partial charge in [-0.15, -0.1) is 0 Å². The van der Waals surface area contributed by atoms with Gasteiger partial charge in [0.1, 0.15) is 11.5 Å². The minimum absolute atomic E-state index is 0.00322. The van der Waals surface area contributed by atoms with Crippen molar-refractivity contribution < 1.29 is 15.0 Å². The molecule has 0 spiro atoms. The van der Waals surface area contributed by atoms with Crippen LogP contribution < -0.4 is 0 Å². The maximum absolute atomic E-state index is 13.2. The molecule has 9 atom stereocenters. The van der Waals surface area contributed by atoms with E-state index in [-0.39, 0.29) is 23.4 Å². The quantitative estimate of drug-likeness (QED) is 0.668. The number of rotatable bonds is 0. The highest BCUT2D eigenvalue weighted by atomic mass is 16.3. The first-order valence-electron chi connectivity index (χ1n) is 12.7. The highest BCUT2D eigenvalue weighted by Crippen LogP contribution is 2.63. The van der Waals surface area contributed by atoms with Crippen LogP contribution >= 0.6 is 0 Å². The topological polar surface area (TPSA) is 60.8 Å². The zero-order valence-electron chi connectivity index (χ0n) is 18.8. The van der Waals surface area contributed by atoms with Crippen LogP contribution in [0, 0.1) is 23.2 Å². The molecule has 2 saturated heterocycles. The molecule has 7 rings (SSSR count). The average Bonchev–Trinajstić information content (AvgIpc) is 3.25. The largest absolute Gasteiger partial charge is 0.393 e. The second-order valence-corrected chi connectivity index (χ2v) is 12.1. The van der Waals surface area contributed by atoms with Gasteiger partial charge in [0.25, 0.3) is 0 Å². The van der Waals surface area contributed by atoms with Crippen LogP contribution in [0.4, 0.5) is 0 Å². The number of carbonyl (C=O) groups excluding carboxylic acids is 1. The van der Waals surface area contributed by atoms with E-state index in [1.54, 1.807) is 0 Å². The molecule has 4 heteroatoms. The summed E-state index contributed by atoms with van der Waals surface area (Å²) in [4.78, 5) is 15.7. The van der Waals surface area contributed by atoms with E-state index < -0.39 is 5.72 Å². The number of benzene rings is 1. The van der Waals surface area contributed by atoms with Gasteiger partial charge in [-0.1, -0.05) is 26.0 Å².